The molecule has 4 rings (SSSR count). The first kappa shape index (κ1) is 27.0. The van der Waals surface area contributed by atoms with Crippen molar-refractivity contribution in [3.05, 3.63) is 92.1 Å². The average molecular weight is 574 g/mol. The second kappa shape index (κ2) is 11.6. The molecule has 1 saturated heterocycles. The first-order valence-electron chi connectivity index (χ1n) is 10.7. The molecule has 0 unspecified atom stereocenters. The highest BCUT2D eigenvalue weighted by Gasteiger charge is 2.33. The van der Waals surface area contributed by atoms with Crippen molar-refractivity contribution in [3.8, 4) is 11.5 Å². The Morgan fingerprint density at radius 1 is 1.21 bits per heavy atom. The third-order valence-electron chi connectivity index (χ3n) is 5.14. The van der Waals surface area contributed by atoms with E-state index in [1.807, 2.05) is 0 Å². The summed E-state index contributed by atoms with van der Waals surface area (Å²) in [7, 11) is 1.42. The molecule has 13 heteroatoms. The molecule has 0 aliphatic carbocycles. The van der Waals surface area contributed by atoms with Gasteiger partial charge in [0.25, 0.3) is 17.5 Å². The number of hydrogen-bond donors (Lipinski definition) is 1. The predicted molar refractivity (Wildman–Crippen MR) is 147 cm³/mol. The van der Waals surface area contributed by atoms with Crippen molar-refractivity contribution < 1.29 is 28.4 Å². The number of benzene rings is 3. The van der Waals surface area contributed by atoms with Gasteiger partial charge in [0, 0.05) is 17.8 Å². The molecule has 0 radical (unpaired) electrons. The first-order chi connectivity index (χ1) is 18.2. The smallest absolute Gasteiger partial charge is 0.271 e. The van der Waals surface area contributed by atoms with Gasteiger partial charge in [0.15, 0.2) is 22.4 Å². The van der Waals surface area contributed by atoms with E-state index >= 15 is 0 Å². The highest BCUT2D eigenvalue weighted by atomic mass is 35.5. The molecular weight excluding hydrogens is 557 g/mol. The van der Waals surface area contributed by atoms with Gasteiger partial charge in [-0.1, -0.05) is 47.7 Å². The van der Waals surface area contributed by atoms with E-state index < -0.39 is 16.6 Å². The Hall–Kier alpha value is -4.00. The zero-order valence-corrected chi connectivity index (χ0v) is 21.9. The number of carbonyl (C=O) groups is 2. The lowest BCUT2D eigenvalue weighted by atomic mass is 10.2. The molecule has 2 amide bonds. The van der Waals surface area contributed by atoms with Crippen molar-refractivity contribution in [2.45, 2.75) is 0 Å². The van der Waals surface area contributed by atoms with Gasteiger partial charge in [-0.05, 0) is 48.0 Å². The van der Waals surface area contributed by atoms with Crippen LogP contribution in [0.1, 0.15) is 5.56 Å². The Morgan fingerprint density at radius 2 is 2.00 bits per heavy atom. The van der Waals surface area contributed by atoms with Gasteiger partial charge >= 0.3 is 0 Å². The summed E-state index contributed by atoms with van der Waals surface area (Å²) in [6, 6.07) is 14.3. The molecule has 194 valence electrons. The Kier molecular flexibility index (Phi) is 8.25. The minimum atomic E-state index is -0.604. The summed E-state index contributed by atoms with van der Waals surface area (Å²) < 4.78 is 24.7. The number of nitrogens with zero attached hydrogens (tertiary/aromatic N) is 2. The van der Waals surface area contributed by atoms with E-state index in [1.165, 1.54) is 48.4 Å². The SMILES string of the molecule is COc1cc(/C=C2/SC(=S)N(c3ccc(F)c(Cl)c3)C2=O)ccc1OCC(=O)Nc1cccc([N+](=O)[O-])c1. The monoisotopic (exact) mass is 573 g/mol. The Labute approximate surface area is 230 Å². The number of hydrogen-bond acceptors (Lipinski definition) is 8. The van der Waals surface area contributed by atoms with Crippen molar-refractivity contribution in [1.82, 2.24) is 0 Å². The molecule has 1 heterocycles. The number of carbonyl (C=O) groups excluding carboxylic acids is 2. The lowest BCUT2D eigenvalue weighted by Gasteiger charge is -2.14. The van der Waals surface area contributed by atoms with Gasteiger partial charge in [-0.15, -0.1) is 0 Å². The van der Waals surface area contributed by atoms with Crippen LogP contribution in [0.3, 0.4) is 0 Å². The van der Waals surface area contributed by atoms with Gasteiger partial charge in [-0.3, -0.25) is 24.6 Å². The van der Waals surface area contributed by atoms with E-state index in [1.54, 1.807) is 24.3 Å². The number of nitro benzene ring substituents is 1. The van der Waals surface area contributed by atoms with E-state index in [2.05, 4.69) is 5.32 Å². The zero-order valence-electron chi connectivity index (χ0n) is 19.5. The number of nitro groups is 1. The first-order valence-corrected chi connectivity index (χ1v) is 12.3. The van der Waals surface area contributed by atoms with Crippen molar-refractivity contribution in [3.63, 3.8) is 0 Å². The van der Waals surface area contributed by atoms with Crippen LogP contribution in [0.25, 0.3) is 6.08 Å². The molecule has 0 aromatic heterocycles. The minimum absolute atomic E-state index is 0.125. The van der Waals surface area contributed by atoms with Gasteiger partial charge in [0.2, 0.25) is 0 Å². The predicted octanol–water partition coefficient (Wildman–Crippen LogP) is 5.82. The van der Waals surface area contributed by atoms with E-state index in [0.717, 1.165) is 17.8 Å². The second-order valence-corrected chi connectivity index (χ2v) is 9.75. The fourth-order valence-electron chi connectivity index (χ4n) is 3.40. The average Bonchev–Trinajstić information content (AvgIpc) is 3.17. The van der Waals surface area contributed by atoms with Gasteiger partial charge in [-0.25, -0.2) is 4.39 Å². The maximum atomic E-state index is 13.5. The molecule has 0 saturated carbocycles. The highest BCUT2D eigenvalue weighted by Crippen LogP contribution is 2.38. The molecule has 3 aromatic carbocycles. The molecule has 3 aromatic rings. The molecule has 1 aliphatic rings. The van der Waals surface area contributed by atoms with Crippen LogP contribution in [0.5, 0.6) is 11.5 Å². The molecular formula is C25H17ClFN3O6S2. The lowest BCUT2D eigenvalue weighted by molar-refractivity contribution is -0.384. The lowest BCUT2D eigenvalue weighted by Crippen LogP contribution is -2.27. The van der Waals surface area contributed by atoms with Gasteiger partial charge in [0.1, 0.15) is 5.82 Å². The van der Waals surface area contributed by atoms with E-state index in [0.29, 0.717) is 21.9 Å². The zero-order chi connectivity index (χ0) is 27.4. The van der Waals surface area contributed by atoms with Crippen LogP contribution >= 0.6 is 35.6 Å². The summed E-state index contributed by atoms with van der Waals surface area (Å²) >= 11 is 12.3. The number of amides is 2. The third-order valence-corrected chi connectivity index (χ3v) is 6.73. The molecule has 0 atom stereocenters. The molecule has 1 aliphatic heterocycles. The summed E-state index contributed by atoms with van der Waals surface area (Å²) in [5.41, 5.74) is 1.06. The van der Waals surface area contributed by atoms with Gasteiger partial charge in [-0.2, -0.15) is 0 Å². The maximum Gasteiger partial charge on any atom is 0.271 e. The standard InChI is InChI=1S/C25H17ClFN3O6S2/c1-35-21-9-14(10-22-24(32)29(25(37)38-22)16-6-7-19(27)18(26)12-16)5-8-20(21)36-13-23(31)28-15-3-2-4-17(11-15)30(33)34/h2-12H,13H2,1H3,(H,28,31)/b22-10+. The number of thiocarbonyl (C=S) groups is 1. The number of non-ortho nitro benzene ring substituents is 1. The summed E-state index contributed by atoms with van der Waals surface area (Å²) in [4.78, 5) is 37.2. The molecule has 1 fully saturated rings. The Balaban J connectivity index is 1.45. The number of halogens is 2. The Morgan fingerprint density at radius 3 is 2.71 bits per heavy atom. The van der Waals surface area contributed by atoms with Crippen LogP contribution in [0, 0.1) is 15.9 Å². The minimum Gasteiger partial charge on any atom is -0.493 e. The number of nitrogens with one attached hydrogen (secondary N) is 1. The summed E-state index contributed by atoms with van der Waals surface area (Å²) in [5, 5.41) is 13.3. The van der Waals surface area contributed by atoms with Crippen molar-refractivity contribution >= 4 is 74.9 Å². The van der Waals surface area contributed by atoms with Gasteiger partial charge < -0.3 is 14.8 Å². The van der Waals surface area contributed by atoms with Crippen LogP contribution < -0.4 is 19.7 Å². The van der Waals surface area contributed by atoms with Crippen molar-refractivity contribution in [2.24, 2.45) is 0 Å². The number of anilines is 2. The maximum absolute atomic E-state index is 13.5. The molecule has 1 N–H and O–H groups in total. The normalized spacial score (nSPS) is 14.1. The van der Waals surface area contributed by atoms with Crippen molar-refractivity contribution in [1.29, 1.82) is 0 Å². The number of thioether (sulfide) groups is 1. The largest absolute Gasteiger partial charge is 0.493 e. The van der Waals surface area contributed by atoms with E-state index in [9.17, 15) is 24.1 Å². The molecule has 0 bridgehead atoms. The Bertz CT molecular complexity index is 1500. The number of ether oxygens (including phenoxy) is 2. The molecule has 38 heavy (non-hydrogen) atoms. The summed E-state index contributed by atoms with van der Waals surface area (Å²) in [6.07, 6.45) is 1.62. The second-order valence-electron chi connectivity index (χ2n) is 7.67. The van der Waals surface area contributed by atoms with E-state index in [4.69, 9.17) is 33.3 Å². The van der Waals surface area contributed by atoms with Crippen LogP contribution in [-0.2, 0) is 9.59 Å². The number of rotatable bonds is 8. The van der Waals surface area contributed by atoms with Crippen molar-refractivity contribution in [2.75, 3.05) is 23.9 Å². The van der Waals surface area contributed by atoms with Crippen LogP contribution in [0.2, 0.25) is 5.02 Å². The van der Waals surface area contributed by atoms with E-state index in [-0.39, 0.29) is 39.0 Å². The number of methoxy groups -OCH3 is 1. The fourth-order valence-corrected chi connectivity index (χ4v) is 4.87. The summed E-state index contributed by atoms with van der Waals surface area (Å²) in [6.45, 7) is -0.378. The van der Waals surface area contributed by atoms with Crippen LogP contribution in [-0.4, -0.2) is 34.8 Å². The topological polar surface area (TPSA) is 111 Å². The van der Waals surface area contributed by atoms with Crippen LogP contribution in [0.4, 0.5) is 21.5 Å². The fraction of sp³-hybridized carbons (Fsp3) is 0.0800. The van der Waals surface area contributed by atoms with Crippen LogP contribution in [0.15, 0.2) is 65.6 Å². The highest BCUT2D eigenvalue weighted by molar-refractivity contribution is 8.27. The van der Waals surface area contributed by atoms with Gasteiger partial charge in [0.05, 0.1) is 27.6 Å². The quantitative estimate of drug-likeness (QED) is 0.155. The molecule has 9 nitrogen and oxygen atoms in total. The summed E-state index contributed by atoms with van der Waals surface area (Å²) in [5.74, 6) is -0.941. The molecule has 0 spiro atoms. The third kappa shape index (κ3) is 6.10.